The highest BCUT2D eigenvalue weighted by atomic mass is 16.2. The Kier molecular flexibility index (Phi) is 5.11. The third kappa shape index (κ3) is 4.50. The van der Waals surface area contributed by atoms with Gasteiger partial charge in [0.15, 0.2) is 0 Å². The highest BCUT2D eigenvalue weighted by molar-refractivity contribution is 5.83. The molecule has 0 aliphatic heterocycles. The number of nitrogens with zero attached hydrogens (tertiary/aromatic N) is 1. The summed E-state index contributed by atoms with van der Waals surface area (Å²) in [5, 5.41) is 2.52. The smallest absolute Gasteiger partial charge is 0.244 e. The summed E-state index contributed by atoms with van der Waals surface area (Å²) in [6.07, 6.45) is 1.25. The molecule has 0 fully saturated rings. The summed E-state index contributed by atoms with van der Waals surface area (Å²) in [5.41, 5.74) is 0. The first-order chi connectivity index (χ1) is 5.99. The van der Waals surface area contributed by atoms with E-state index in [2.05, 4.69) is 5.32 Å². The van der Waals surface area contributed by atoms with E-state index in [0.29, 0.717) is 18.7 Å². The maximum atomic E-state index is 11.5. The minimum atomic E-state index is -0.382. The summed E-state index contributed by atoms with van der Waals surface area (Å²) in [6.45, 7) is 4.03. The molecule has 0 aromatic carbocycles. The van der Waals surface area contributed by atoms with Gasteiger partial charge < -0.3 is 10.2 Å². The van der Waals surface area contributed by atoms with Crippen molar-refractivity contribution < 1.29 is 9.59 Å². The molecule has 4 nitrogen and oxygen atoms in total. The number of rotatable bonds is 5. The zero-order chi connectivity index (χ0) is 10.4. The van der Waals surface area contributed by atoms with E-state index in [0.717, 1.165) is 0 Å². The average Bonchev–Trinajstić information content (AvgIpc) is 2.01. The summed E-state index contributed by atoms with van der Waals surface area (Å²) < 4.78 is 0. The number of hydrogen-bond acceptors (Lipinski definition) is 2. The highest BCUT2D eigenvalue weighted by Crippen LogP contribution is 2.05. The zero-order valence-corrected chi connectivity index (χ0v) is 8.70. The fraction of sp³-hybridized carbons (Fsp3) is 0.778. The quantitative estimate of drug-likeness (QED) is 0.625. The van der Waals surface area contributed by atoms with Gasteiger partial charge in [-0.25, -0.2) is 0 Å². The number of amides is 2. The summed E-state index contributed by atoms with van der Waals surface area (Å²) in [7, 11) is 3.37. The largest absolute Gasteiger partial charge is 0.347 e. The van der Waals surface area contributed by atoms with Crippen LogP contribution in [0.5, 0.6) is 0 Å². The molecule has 0 aliphatic rings. The Hall–Kier alpha value is -1.06. The zero-order valence-electron chi connectivity index (χ0n) is 8.70. The Morgan fingerprint density at radius 2 is 2.00 bits per heavy atom. The third-order valence-electron chi connectivity index (χ3n) is 1.72. The number of hydrogen-bond donors (Lipinski definition) is 1. The Balaban J connectivity index is 4.23. The van der Waals surface area contributed by atoms with E-state index >= 15 is 0 Å². The fourth-order valence-corrected chi connectivity index (χ4v) is 1.11. The van der Waals surface area contributed by atoms with E-state index in [1.54, 1.807) is 14.1 Å². The van der Waals surface area contributed by atoms with Crippen LogP contribution in [-0.2, 0) is 9.59 Å². The molecule has 0 aromatic rings. The van der Waals surface area contributed by atoms with Gasteiger partial charge in [-0.05, 0) is 12.3 Å². The van der Waals surface area contributed by atoms with E-state index < -0.39 is 0 Å². The maximum absolute atomic E-state index is 11.5. The number of carbonyl (C=O) groups excluding carboxylic acids is 2. The molecule has 4 heteroatoms. The van der Waals surface area contributed by atoms with Gasteiger partial charge in [0, 0.05) is 14.1 Å². The molecule has 0 saturated carbocycles. The van der Waals surface area contributed by atoms with E-state index in [-0.39, 0.29) is 11.9 Å². The van der Waals surface area contributed by atoms with E-state index in [1.165, 1.54) is 4.90 Å². The van der Waals surface area contributed by atoms with E-state index in [4.69, 9.17) is 0 Å². The topological polar surface area (TPSA) is 49.4 Å². The Labute approximate surface area is 79.3 Å². The number of likely N-dealkylation sites (N-methyl/N-ethyl adjacent to an activating group) is 1. The van der Waals surface area contributed by atoms with Gasteiger partial charge in [-0.2, -0.15) is 0 Å². The van der Waals surface area contributed by atoms with Crippen LogP contribution in [0, 0.1) is 5.92 Å². The molecule has 1 unspecified atom stereocenters. The van der Waals surface area contributed by atoms with Crippen LogP contribution >= 0.6 is 0 Å². The lowest BCUT2D eigenvalue weighted by Gasteiger charge is -2.21. The van der Waals surface area contributed by atoms with E-state index in [9.17, 15) is 9.59 Å². The van der Waals surface area contributed by atoms with Crippen LogP contribution in [0.4, 0.5) is 0 Å². The van der Waals surface area contributed by atoms with Crippen LogP contribution in [-0.4, -0.2) is 37.4 Å². The second-order valence-corrected chi connectivity index (χ2v) is 3.70. The van der Waals surface area contributed by atoms with E-state index in [1.807, 2.05) is 13.8 Å². The molecule has 1 N–H and O–H groups in total. The summed E-state index contributed by atoms with van der Waals surface area (Å²) >= 11 is 0. The molecule has 1 atom stereocenters. The van der Waals surface area contributed by atoms with Gasteiger partial charge in [-0.3, -0.25) is 9.59 Å². The molecular weight excluding hydrogens is 168 g/mol. The minimum absolute atomic E-state index is 0.0548. The molecule has 0 bridgehead atoms. The molecule has 0 spiro atoms. The molecule has 13 heavy (non-hydrogen) atoms. The first-order valence-corrected chi connectivity index (χ1v) is 4.40. The number of carbonyl (C=O) groups is 2. The Bertz CT molecular complexity index is 178. The lowest BCUT2D eigenvalue weighted by atomic mass is 10.0. The second-order valence-electron chi connectivity index (χ2n) is 3.70. The standard InChI is InChI=1S/C9H18N2O2/c1-7(2)5-8(10-6-12)9(13)11(3)4/h6-8H,5H2,1-4H3,(H,10,12). The maximum Gasteiger partial charge on any atom is 0.244 e. The molecule has 76 valence electrons. The van der Waals surface area contributed by atoms with Crippen LogP contribution in [0.15, 0.2) is 0 Å². The third-order valence-corrected chi connectivity index (χ3v) is 1.72. The highest BCUT2D eigenvalue weighted by Gasteiger charge is 2.19. The van der Waals surface area contributed by atoms with Gasteiger partial charge in [-0.15, -0.1) is 0 Å². The van der Waals surface area contributed by atoms with Crippen molar-refractivity contribution in [3.63, 3.8) is 0 Å². The first-order valence-electron chi connectivity index (χ1n) is 4.40. The van der Waals surface area contributed by atoms with Gasteiger partial charge in [0.05, 0.1) is 0 Å². The molecule has 0 saturated heterocycles. The lowest BCUT2D eigenvalue weighted by Crippen LogP contribution is -2.43. The second kappa shape index (κ2) is 5.56. The van der Waals surface area contributed by atoms with Gasteiger partial charge in [0.25, 0.3) is 0 Å². The fourth-order valence-electron chi connectivity index (χ4n) is 1.11. The van der Waals surface area contributed by atoms with Crippen LogP contribution in [0.1, 0.15) is 20.3 Å². The molecule has 2 amide bonds. The Morgan fingerprint density at radius 1 is 1.46 bits per heavy atom. The molecule has 0 heterocycles. The summed E-state index contributed by atoms with van der Waals surface area (Å²) in [6, 6.07) is -0.382. The first kappa shape index (κ1) is 11.9. The van der Waals surface area contributed by atoms with Crippen molar-refractivity contribution in [2.45, 2.75) is 26.3 Å². The minimum Gasteiger partial charge on any atom is -0.347 e. The van der Waals surface area contributed by atoms with Crippen molar-refractivity contribution in [2.75, 3.05) is 14.1 Å². The Morgan fingerprint density at radius 3 is 2.31 bits per heavy atom. The molecule has 0 aliphatic carbocycles. The van der Waals surface area contributed by atoms with Crippen LogP contribution in [0.2, 0.25) is 0 Å². The molecule has 0 radical (unpaired) electrons. The van der Waals surface area contributed by atoms with Crippen molar-refractivity contribution >= 4 is 12.3 Å². The van der Waals surface area contributed by atoms with Gasteiger partial charge in [0.2, 0.25) is 12.3 Å². The van der Waals surface area contributed by atoms with Gasteiger partial charge in [0.1, 0.15) is 6.04 Å². The molecule has 0 aromatic heterocycles. The van der Waals surface area contributed by atoms with Gasteiger partial charge in [-0.1, -0.05) is 13.8 Å². The van der Waals surface area contributed by atoms with Crippen molar-refractivity contribution in [3.05, 3.63) is 0 Å². The predicted octanol–water partition coefficient (Wildman–Crippen LogP) is 0.235. The van der Waals surface area contributed by atoms with Crippen molar-refractivity contribution in [1.29, 1.82) is 0 Å². The van der Waals surface area contributed by atoms with Crippen molar-refractivity contribution in [2.24, 2.45) is 5.92 Å². The monoisotopic (exact) mass is 186 g/mol. The molecular formula is C9H18N2O2. The van der Waals surface area contributed by atoms with Crippen LogP contribution in [0.25, 0.3) is 0 Å². The summed E-state index contributed by atoms with van der Waals surface area (Å²) in [5.74, 6) is 0.335. The predicted molar refractivity (Wildman–Crippen MR) is 51.1 cm³/mol. The molecule has 0 rings (SSSR count). The SMILES string of the molecule is CC(C)CC(NC=O)C(=O)N(C)C. The number of nitrogens with one attached hydrogen (secondary N) is 1. The van der Waals surface area contributed by atoms with Crippen LogP contribution < -0.4 is 5.32 Å². The average molecular weight is 186 g/mol. The van der Waals surface area contributed by atoms with Crippen molar-refractivity contribution in [3.8, 4) is 0 Å². The normalized spacial score (nSPS) is 12.4. The van der Waals surface area contributed by atoms with Gasteiger partial charge >= 0.3 is 0 Å². The van der Waals surface area contributed by atoms with Crippen molar-refractivity contribution in [1.82, 2.24) is 10.2 Å². The summed E-state index contributed by atoms with van der Waals surface area (Å²) in [4.78, 5) is 23.2. The lowest BCUT2D eigenvalue weighted by molar-refractivity contribution is -0.132. The van der Waals surface area contributed by atoms with Crippen LogP contribution in [0.3, 0.4) is 0 Å².